The van der Waals surface area contributed by atoms with Gasteiger partial charge in [-0.1, -0.05) is 24.0 Å². The molecule has 0 heterocycles. The SMILES string of the molecule is COc1cc(C#CCc2ccc(OC(F)F)cc2)ccc1[N+](=O)[O-]. The van der Waals surface area contributed by atoms with Crippen LogP contribution in [0.25, 0.3) is 0 Å². The van der Waals surface area contributed by atoms with Crippen LogP contribution in [-0.2, 0) is 6.42 Å². The predicted octanol–water partition coefficient (Wildman–Crippen LogP) is 3.80. The molecule has 0 aliphatic carbocycles. The molecule has 0 saturated heterocycles. The number of ether oxygens (including phenoxy) is 2. The summed E-state index contributed by atoms with van der Waals surface area (Å²) in [7, 11) is 1.35. The molecule has 0 bridgehead atoms. The molecule has 0 fully saturated rings. The Morgan fingerprint density at radius 2 is 1.92 bits per heavy atom. The van der Waals surface area contributed by atoms with E-state index in [1.54, 1.807) is 12.1 Å². The Morgan fingerprint density at radius 3 is 2.50 bits per heavy atom. The van der Waals surface area contributed by atoms with Gasteiger partial charge in [0, 0.05) is 24.1 Å². The molecular formula is C17H13F2NO4. The minimum absolute atomic E-state index is 0.0850. The number of rotatable bonds is 5. The van der Waals surface area contributed by atoms with Crippen LogP contribution >= 0.6 is 0 Å². The van der Waals surface area contributed by atoms with E-state index in [1.807, 2.05) is 0 Å². The van der Waals surface area contributed by atoms with Gasteiger partial charge >= 0.3 is 12.3 Å². The average molecular weight is 333 g/mol. The van der Waals surface area contributed by atoms with Crippen molar-refractivity contribution in [3.8, 4) is 23.3 Å². The summed E-state index contributed by atoms with van der Waals surface area (Å²) >= 11 is 0. The van der Waals surface area contributed by atoms with E-state index in [0.29, 0.717) is 12.0 Å². The van der Waals surface area contributed by atoms with Crippen LogP contribution in [0.4, 0.5) is 14.5 Å². The van der Waals surface area contributed by atoms with Gasteiger partial charge in [0.15, 0.2) is 5.75 Å². The Morgan fingerprint density at radius 1 is 1.21 bits per heavy atom. The highest BCUT2D eigenvalue weighted by molar-refractivity contribution is 5.52. The number of halogens is 2. The average Bonchev–Trinajstić information content (AvgIpc) is 2.55. The highest BCUT2D eigenvalue weighted by atomic mass is 19.3. The van der Waals surface area contributed by atoms with E-state index in [2.05, 4.69) is 16.6 Å². The predicted molar refractivity (Wildman–Crippen MR) is 83.3 cm³/mol. The third kappa shape index (κ3) is 4.68. The van der Waals surface area contributed by atoms with Crippen LogP contribution in [0.15, 0.2) is 42.5 Å². The van der Waals surface area contributed by atoms with Crippen LogP contribution in [0, 0.1) is 22.0 Å². The lowest BCUT2D eigenvalue weighted by molar-refractivity contribution is -0.385. The lowest BCUT2D eigenvalue weighted by Crippen LogP contribution is -2.01. The van der Waals surface area contributed by atoms with Crippen LogP contribution < -0.4 is 9.47 Å². The molecule has 2 rings (SSSR count). The number of alkyl halides is 2. The van der Waals surface area contributed by atoms with Crippen LogP contribution in [0.5, 0.6) is 11.5 Å². The Balaban J connectivity index is 2.06. The fraction of sp³-hybridized carbons (Fsp3) is 0.176. The lowest BCUT2D eigenvalue weighted by atomic mass is 10.1. The quantitative estimate of drug-likeness (QED) is 0.474. The van der Waals surface area contributed by atoms with Crippen molar-refractivity contribution < 1.29 is 23.2 Å². The molecule has 0 unspecified atom stereocenters. The van der Waals surface area contributed by atoms with Gasteiger partial charge in [0.1, 0.15) is 5.75 Å². The number of nitro groups is 1. The number of methoxy groups -OCH3 is 1. The Kier molecular flexibility index (Phi) is 5.68. The second-order valence-corrected chi connectivity index (χ2v) is 4.64. The fourth-order valence-electron chi connectivity index (χ4n) is 1.94. The maximum atomic E-state index is 12.1. The van der Waals surface area contributed by atoms with Crippen molar-refractivity contribution in [3.05, 3.63) is 63.7 Å². The van der Waals surface area contributed by atoms with Crippen LogP contribution in [-0.4, -0.2) is 18.6 Å². The molecule has 5 nitrogen and oxygen atoms in total. The van der Waals surface area contributed by atoms with Crippen molar-refractivity contribution >= 4 is 5.69 Å². The topological polar surface area (TPSA) is 61.6 Å². The molecule has 0 spiro atoms. The highest BCUT2D eigenvalue weighted by Crippen LogP contribution is 2.27. The van der Waals surface area contributed by atoms with E-state index in [4.69, 9.17) is 4.74 Å². The van der Waals surface area contributed by atoms with Gasteiger partial charge in [0.25, 0.3) is 0 Å². The molecule has 0 N–H and O–H groups in total. The van der Waals surface area contributed by atoms with Gasteiger partial charge < -0.3 is 9.47 Å². The molecular weight excluding hydrogens is 320 g/mol. The lowest BCUT2D eigenvalue weighted by Gasteiger charge is -2.04. The number of benzene rings is 2. The third-order valence-electron chi connectivity index (χ3n) is 3.05. The molecule has 0 amide bonds. The van der Waals surface area contributed by atoms with Gasteiger partial charge in [-0.3, -0.25) is 10.1 Å². The van der Waals surface area contributed by atoms with Crippen molar-refractivity contribution in [1.29, 1.82) is 0 Å². The van der Waals surface area contributed by atoms with E-state index >= 15 is 0 Å². The summed E-state index contributed by atoms with van der Waals surface area (Å²) in [4.78, 5) is 10.3. The Labute approximate surface area is 137 Å². The van der Waals surface area contributed by atoms with E-state index in [0.717, 1.165) is 5.56 Å². The first-order chi connectivity index (χ1) is 11.5. The molecule has 24 heavy (non-hydrogen) atoms. The summed E-state index contributed by atoms with van der Waals surface area (Å²) in [6.07, 6.45) is 0.397. The van der Waals surface area contributed by atoms with E-state index < -0.39 is 11.5 Å². The summed E-state index contributed by atoms with van der Waals surface area (Å²) in [6.45, 7) is -2.85. The maximum absolute atomic E-state index is 12.1. The van der Waals surface area contributed by atoms with E-state index in [1.165, 1.54) is 37.4 Å². The van der Waals surface area contributed by atoms with Crippen LogP contribution in [0.2, 0.25) is 0 Å². The number of hydrogen-bond acceptors (Lipinski definition) is 4. The first-order valence-electron chi connectivity index (χ1n) is 6.84. The minimum Gasteiger partial charge on any atom is -0.490 e. The van der Waals surface area contributed by atoms with Gasteiger partial charge in [0.05, 0.1) is 12.0 Å². The van der Waals surface area contributed by atoms with E-state index in [9.17, 15) is 18.9 Å². The second kappa shape index (κ2) is 7.92. The van der Waals surface area contributed by atoms with Crippen molar-refractivity contribution in [2.75, 3.05) is 7.11 Å². The molecule has 0 radical (unpaired) electrons. The molecule has 2 aromatic rings. The fourth-order valence-corrected chi connectivity index (χ4v) is 1.94. The molecule has 0 aliphatic heterocycles. The Bertz CT molecular complexity index is 779. The van der Waals surface area contributed by atoms with Crippen molar-refractivity contribution in [2.45, 2.75) is 13.0 Å². The van der Waals surface area contributed by atoms with Gasteiger partial charge in [-0.05, 0) is 23.8 Å². The number of hydrogen-bond donors (Lipinski definition) is 0. The Hall–Kier alpha value is -3.14. The molecule has 124 valence electrons. The molecule has 2 aromatic carbocycles. The molecule has 0 saturated carbocycles. The summed E-state index contributed by atoms with van der Waals surface area (Å²) in [6, 6.07) is 10.5. The summed E-state index contributed by atoms with van der Waals surface area (Å²) in [5, 5.41) is 10.8. The monoisotopic (exact) mass is 333 g/mol. The summed E-state index contributed by atoms with van der Waals surface area (Å²) < 4.78 is 33.3. The number of nitrogens with zero attached hydrogens (tertiary/aromatic N) is 1. The van der Waals surface area contributed by atoms with Crippen molar-refractivity contribution in [1.82, 2.24) is 0 Å². The molecule has 7 heteroatoms. The zero-order chi connectivity index (χ0) is 17.5. The molecule has 0 atom stereocenters. The maximum Gasteiger partial charge on any atom is 0.387 e. The summed E-state index contributed by atoms with van der Waals surface area (Å²) in [5.74, 6) is 6.01. The number of nitro benzene ring substituents is 1. The van der Waals surface area contributed by atoms with Crippen LogP contribution in [0.3, 0.4) is 0 Å². The zero-order valence-corrected chi connectivity index (χ0v) is 12.7. The molecule has 0 aliphatic rings. The van der Waals surface area contributed by atoms with Gasteiger partial charge in [-0.25, -0.2) is 0 Å². The first kappa shape index (κ1) is 17.2. The summed E-state index contributed by atoms with van der Waals surface area (Å²) in [5.41, 5.74) is 1.28. The standard InChI is InChI=1S/C17H13F2NO4/c1-23-16-11-13(7-10-15(16)20(21)22)4-2-3-12-5-8-14(9-6-12)24-17(18)19/h5-11,17H,3H2,1H3. The van der Waals surface area contributed by atoms with Crippen molar-refractivity contribution in [3.63, 3.8) is 0 Å². The minimum atomic E-state index is -2.85. The largest absolute Gasteiger partial charge is 0.490 e. The smallest absolute Gasteiger partial charge is 0.387 e. The highest BCUT2D eigenvalue weighted by Gasteiger charge is 2.13. The molecule has 0 aromatic heterocycles. The van der Waals surface area contributed by atoms with Crippen molar-refractivity contribution in [2.24, 2.45) is 0 Å². The first-order valence-corrected chi connectivity index (χ1v) is 6.84. The van der Waals surface area contributed by atoms with Gasteiger partial charge in [0.2, 0.25) is 0 Å². The third-order valence-corrected chi connectivity index (χ3v) is 3.05. The second-order valence-electron chi connectivity index (χ2n) is 4.64. The van der Waals surface area contributed by atoms with Gasteiger partial charge in [-0.15, -0.1) is 0 Å². The van der Waals surface area contributed by atoms with Crippen LogP contribution in [0.1, 0.15) is 11.1 Å². The van der Waals surface area contributed by atoms with E-state index in [-0.39, 0.29) is 17.2 Å². The van der Waals surface area contributed by atoms with Gasteiger partial charge in [-0.2, -0.15) is 8.78 Å². The normalized spacial score (nSPS) is 10.0. The zero-order valence-electron chi connectivity index (χ0n) is 12.7.